The fraction of sp³-hybridized carbons (Fsp3) is 0.278. The zero-order valence-corrected chi connectivity index (χ0v) is 13.9. The maximum absolute atomic E-state index is 12.4. The van der Waals surface area contributed by atoms with Crippen molar-refractivity contribution in [2.45, 2.75) is 12.5 Å². The Morgan fingerprint density at radius 2 is 2.00 bits per heavy atom. The number of anilines is 1. The molecular weight excluding hydrogens is 320 g/mol. The van der Waals surface area contributed by atoms with Crippen molar-refractivity contribution < 1.29 is 14.3 Å². The van der Waals surface area contributed by atoms with Crippen LogP contribution in [0.3, 0.4) is 0 Å². The third-order valence-corrected chi connectivity index (χ3v) is 4.04. The number of ether oxygens (including phenoxy) is 1. The fourth-order valence-corrected chi connectivity index (χ4v) is 2.74. The minimum absolute atomic E-state index is 0.0779. The highest BCUT2D eigenvalue weighted by atomic mass is 16.5. The molecule has 25 heavy (non-hydrogen) atoms. The second-order valence-corrected chi connectivity index (χ2v) is 5.78. The average molecular weight is 340 g/mol. The second kappa shape index (κ2) is 7.65. The zero-order valence-electron chi connectivity index (χ0n) is 13.9. The summed E-state index contributed by atoms with van der Waals surface area (Å²) in [7, 11) is 1.59. The van der Waals surface area contributed by atoms with Crippen molar-refractivity contribution in [3.63, 3.8) is 0 Å². The highest BCUT2D eigenvalue weighted by Gasteiger charge is 2.28. The van der Waals surface area contributed by atoms with Crippen LogP contribution >= 0.6 is 0 Å². The third kappa shape index (κ3) is 4.26. The highest BCUT2D eigenvalue weighted by Crippen LogP contribution is 2.16. The van der Waals surface area contributed by atoms with E-state index in [-0.39, 0.29) is 18.0 Å². The van der Waals surface area contributed by atoms with E-state index in [9.17, 15) is 9.59 Å². The Bertz CT molecular complexity index is 734. The van der Waals surface area contributed by atoms with Gasteiger partial charge in [0.05, 0.1) is 7.11 Å². The molecule has 0 spiro atoms. The number of nitrogens with one attached hydrogen (secondary N) is 2. The largest absolute Gasteiger partial charge is 0.497 e. The number of hydrogen-bond acceptors (Lipinski definition) is 4. The highest BCUT2D eigenvalue weighted by molar-refractivity contribution is 5.93. The predicted molar refractivity (Wildman–Crippen MR) is 93.7 cm³/mol. The third-order valence-electron chi connectivity index (χ3n) is 4.04. The van der Waals surface area contributed by atoms with E-state index in [4.69, 9.17) is 4.74 Å². The van der Waals surface area contributed by atoms with Crippen LogP contribution in [0.15, 0.2) is 48.7 Å². The van der Waals surface area contributed by atoms with Crippen LogP contribution in [-0.4, -0.2) is 48.1 Å². The van der Waals surface area contributed by atoms with Gasteiger partial charge in [0.15, 0.2) is 0 Å². The maximum Gasteiger partial charge on any atom is 0.319 e. The van der Waals surface area contributed by atoms with Crippen molar-refractivity contribution in [2.75, 3.05) is 25.5 Å². The molecule has 0 aliphatic carbocycles. The van der Waals surface area contributed by atoms with Gasteiger partial charge in [0.25, 0.3) is 5.91 Å². The molecule has 3 rings (SSSR count). The second-order valence-electron chi connectivity index (χ2n) is 5.78. The fourth-order valence-electron chi connectivity index (χ4n) is 2.74. The van der Waals surface area contributed by atoms with E-state index in [1.54, 1.807) is 60.7 Å². The summed E-state index contributed by atoms with van der Waals surface area (Å²) in [5, 5.41) is 5.67. The molecule has 0 bridgehead atoms. The van der Waals surface area contributed by atoms with Gasteiger partial charge in [-0.2, -0.15) is 0 Å². The summed E-state index contributed by atoms with van der Waals surface area (Å²) in [5.41, 5.74) is 1.10. The van der Waals surface area contributed by atoms with Crippen LogP contribution in [0.2, 0.25) is 0 Å². The van der Waals surface area contributed by atoms with Gasteiger partial charge in [-0.05, 0) is 42.8 Å². The number of nitrogens with zero attached hydrogens (tertiary/aromatic N) is 2. The molecule has 130 valence electrons. The van der Waals surface area contributed by atoms with Crippen molar-refractivity contribution in [1.82, 2.24) is 15.2 Å². The van der Waals surface area contributed by atoms with Crippen molar-refractivity contribution in [2.24, 2.45) is 0 Å². The molecule has 1 fully saturated rings. The molecule has 1 aromatic carbocycles. The van der Waals surface area contributed by atoms with Crippen LogP contribution in [0, 0.1) is 0 Å². The van der Waals surface area contributed by atoms with Gasteiger partial charge in [-0.1, -0.05) is 6.07 Å². The van der Waals surface area contributed by atoms with Crippen molar-refractivity contribution in [3.8, 4) is 5.75 Å². The average Bonchev–Trinajstić information content (AvgIpc) is 3.10. The molecule has 2 heterocycles. The Morgan fingerprint density at radius 3 is 2.68 bits per heavy atom. The molecule has 1 atom stereocenters. The van der Waals surface area contributed by atoms with Crippen molar-refractivity contribution in [1.29, 1.82) is 0 Å². The minimum Gasteiger partial charge on any atom is -0.497 e. The van der Waals surface area contributed by atoms with E-state index in [1.807, 2.05) is 0 Å². The van der Waals surface area contributed by atoms with E-state index >= 15 is 0 Å². The summed E-state index contributed by atoms with van der Waals surface area (Å²) in [6, 6.07) is 12.0. The van der Waals surface area contributed by atoms with Gasteiger partial charge in [0.1, 0.15) is 11.4 Å². The normalized spacial score (nSPS) is 16.4. The molecule has 7 heteroatoms. The number of hydrogen-bond donors (Lipinski definition) is 2. The lowest BCUT2D eigenvalue weighted by molar-refractivity contribution is 0.0783. The summed E-state index contributed by atoms with van der Waals surface area (Å²) in [6.45, 7) is 1.08. The first-order valence-corrected chi connectivity index (χ1v) is 8.07. The molecule has 1 aliphatic rings. The van der Waals surface area contributed by atoms with Crippen LogP contribution < -0.4 is 15.4 Å². The van der Waals surface area contributed by atoms with E-state index in [1.165, 1.54) is 0 Å². The smallest absolute Gasteiger partial charge is 0.319 e. The van der Waals surface area contributed by atoms with E-state index < -0.39 is 0 Å². The Kier molecular flexibility index (Phi) is 5.13. The number of aromatic nitrogens is 1. The monoisotopic (exact) mass is 340 g/mol. The first kappa shape index (κ1) is 16.8. The summed E-state index contributed by atoms with van der Waals surface area (Å²) in [4.78, 5) is 30.2. The molecular formula is C18H20N4O3. The molecule has 3 amide bonds. The van der Waals surface area contributed by atoms with Gasteiger partial charge in [0.2, 0.25) is 0 Å². The van der Waals surface area contributed by atoms with Gasteiger partial charge in [-0.15, -0.1) is 0 Å². The van der Waals surface area contributed by atoms with E-state index in [0.717, 1.165) is 5.75 Å². The molecule has 0 radical (unpaired) electrons. The Balaban J connectivity index is 1.50. The molecule has 7 nitrogen and oxygen atoms in total. The Morgan fingerprint density at radius 1 is 1.20 bits per heavy atom. The molecule has 1 aromatic heterocycles. The number of amides is 3. The van der Waals surface area contributed by atoms with Gasteiger partial charge in [-0.3, -0.25) is 9.78 Å². The first-order chi connectivity index (χ1) is 12.2. The summed E-state index contributed by atoms with van der Waals surface area (Å²) < 4.78 is 5.08. The first-order valence-electron chi connectivity index (χ1n) is 8.07. The number of carbonyl (C=O) groups excluding carboxylic acids is 2. The maximum atomic E-state index is 12.4. The number of likely N-dealkylation sites (tertiary alicyclic amines) is 1. The lowest BCUT2D eigenvalue weighted by Gasteiger charge is -2.17. The molecule has 1 saturated heterocycles. The minimum atomic E-state index is -0.290. The molecule has 1 unspecified atom stereocenters. The van der Waals surface area contributed by atoms with Gasteiger partial charge in [-0.25, -0.2) is 4.79 Å². The van der Waals surface area contributed by atoms with Crippen LogP contribution in [-0.2, 0) is 0 Å². The number of urea groups is 1. The number of methoxy groups -OCH3 is 1. The quantitative estimate of drug-likeness (QED) is 0.893. The van der Waals surface area contributed by atoms with Crippen LogP contribution in [0.25, 0.3) is 0 Å². The number of rotatable bonds is 4. The topological polar surface area (TPSA) is 83.6 Å². The number of benzene rings is 1. The van der Waals surface area contributed by atoms with E-state index in [0.29, 0.717) is 30.9 Å². The van der Waals surface area contributed by atoms with E-state index in [2.05, 4.69) is 15.6 Å². The summed E-state index contributed by atoms with van der Waals surface area (Å²) in [5.74, 6) is 0.617. The Hall–Kier alpha value is -3.09. The molecule has 1 aliphatic heterocycles. The molecule has 2 N–H and O–H groups in total. The van der Waals surface area contributed by atoms with Gasteiger partial charge in [0, 0.05) is 31.0 Å². The van der Waals surface area contributed by atoms with Crippen molar-refractivity contribution >= 4 is 17.6 Å². The molecule has 0 saturated carbocycles. The SMILES string of the molecule is COc1ccc(NC(=O)NC2CCN(C(=O)c3ccccn3)C2)cc1. The van der Waals surface area contributed by atoms with Crippen LogP contribution in [0.1, 0.15) is 16.9 Å². The van der Waals surface area contributed by atoms with Crippen LogP contribution in [0.4, 0.5) is 10.5 Å². The lowest BCUT2D eigenvalue weighted by atomic mass is 10.2. The standard InChI is InChI=1S/C18H20N4O3/c1-25-15-7-5-13(6-8-15)20-18(24)21-14-9-11-22(12-14)17(23)16-4-2-3-10-19-16/h2-8,10,14H,9,11-12H2,1H3,(H2,20,21,24). The number of carbonyl (C=O) groups is 2. The summed E-state index contributed by atoms with van der Waals surface area (Å²) in [6.07, 6.45) is 2.32. The zero-order chi connectivity index (χ0) is 17.6. The predicted octanol–water partition coefficient (Wildman–Crippen LogP) is 2.13. The lowest BCUT2D eigenvalue weighted by Crippen LogP contribution is -2.40. The Labute approximate surface area is 146 Å². The van der Waals surface area contributed by atoms with Gasteiger partial charge < -0.3 is 20.3 Å². The van der Waals surface area contributed by atoms with Crippen molar-refractivity contribution in [3.05, 3.63) is 54.4 Å². The van der Waals surface area contributed by atoms with Crippen LogP contribution in [0.5, 0.6) is 5.75 Å². The number of pyridine rings is 1. The molecule has 2 aromatic rings. The summed E-state index contributed by atoms with van der Waals surface area (Å²) >= 11 is 0. The van der Waals surface area contributed by atoms with Gasteiger partial charge >= 0.3 is 6.03 Å².